The number of alkyl halides is 2. The van der Waals surface area contributed by atoms with Gasteiger partial charge in [0.05, 0.1) is 36.1 Å². The van der Waals surface area contributed by atoms with E-state index in [1.165, 1.54) is 19.2 Å². The second-order valence-corrected chi connectivity index (χ2v) is 9.77. The van der Waals surface area contributed by atoms with Crippen molar-refractivity contribution < 1.29 is 32.2 Å². The Bertz CT molecular complexity index is 1140. The van der Waals surface area contributed by atoms with E-state index in [0.717, 1.165) is 25.3 Å². The number of aryl methyl sites for hydroxylation is 1. The Kier molecular flexibility index (Phi) is 6.65. The molecule has 3 saturated carbocycles. The molecule has 11 heteroatoms. The first-order chi connectivity index (χ1) is 17.2. The van der Waals surface area contributed by atoms with Crippen molar-refractivity contribution in [2.45, 2.75) is 63.5 Å². The van der Waals surface area contributed by atoms with Crippen LogP contribution in [-0.4, -0.2) is 41.7 Å². The van der Waals surface area contributed by atoms with Gasteiger partial charge in [-0.2, -0.15) is 0 Å². The van der Waals surface area contributed by atoms with Crippen LogP contribution in [0.1, 0.15) is 79.3 Å². The number of anilines is 1. The average molecular weight is 507 g/mol. The molecule has 1 saturated heterocycles. The van der Waals surface area contributed by atoms with Crippen LogP contribution in [0, 0.1) is 18.7 Å². The predicted octanol–water partition coefficient (Wildman–Crippen LogP) is 4.44. The lowest BCUT2D eigenvalue weighted by molar-refractivity contribution is -0.143. The Morgan fingerprint density at radius 2 is 1.83 bits per heavy atom. The minimum Gasteiger partial charge on any atom is -0.365 e. The highest BCUT2D eigenvalue weighted by Gasteiger charge is 2.58. The van der Waals surface area contributed by atoms with Gasteiger partial charge in [0.25, 0.3) is 12.3 Å². The van der Waals surface area contributed by atoms with E-state index in [1.807, 2.05) is 0 Å². The van der Waals surface area contributed by atoms with Crippen LogP contribution in [0.5, 0.6) is 0 Å². The largest absolute Gasteiger partial charge is 0.365 e. The molecule has 1 amide bonds. The van der Waals surface area contributed by atoms with Crippen LogP contribution in [0.2, 0.25) is 0 Å². The molecule has 0 radical (unpaired) electrons. The van der Waals surface area contributed by atoms with Gasteiger partial charge in [-0.15, -0.1) is 0 Å². The van der Waals surface area contributed by atoms with Gasteiger partial charge in [0.1, 0.15) is 17.5 Å². The Balaban J connectivity index is 1.50. The monoisotopic (exact) mass is 506 g/mol. The molecule has 2 atom stereocenters. The molecule has 2 bridgehead atoms. The van der Waals surface area contributed by atoms with Gasteiger partial charge in [0.15, 0.2) is 12.4 Å². The molecule has 4 fully saturated rings. The Morgan fingerprint density at radius 3 is 2.42 bits per heavy atom. The molecular formula is C25H29F3N4O4. The second kappa shape index (κ2) is 9.60. The highest BCUT2D eigenvalue weighted by atomic mass is 19.3. The van der Waals surface area contributed by atoms with Crippen LogP contribution < -0.4 is 10.6 Å². The van der Waals surface area contributed by atoms with Crippen molar-refractivity contribution in [3.05, 3.63) is 52.2 Å². The van der Waals surface area contributed by atoms with Gasteiger partial charge in [-0.25, -0.2) is 23.1 Å². The minimum atomic E-state index is -2.94. The fourth-order valence-electron chi connectivity index (χ4n) is 5.33. The molecule has 1 aliphatic heterocycles. The summed E-state index contributed by atoms with van der Waals surface area (Å²) in [5, 5.41) is 6.21. The molecule has 1 unspecified atom stereocenters. The normalized spacial score (nSPS) is 24.7. The number of carbonyl (C=O) groups is 1. The van der Waals surface area contributed by atoms with Crippen molar-refractivity contribution in [3.63, 3.8) is 0 Å². The first-order valence-corrected chi connectivity index (χ1v) is 12.0. The number of hydrogen-bond donors (Lipinski definition) is 2. The number of nitrogens with zero attached hydrogens (tertiary/aromatic N) is 2. The molecule has 2 aromatic rings. The zero-order valence-corrected chi connectivity index (χ0v) is 20.3. The number of carbonyl (C=O) groups excluding carboxylic acids is 1. The summed E-state index contributed by atoms with van der Waals surface area (Å²) >= 11 is 0. The number of rotatable bonds is 9. The van der Waals surface area contributed by atoms with E-state index in [-0.39, 0.29) is 28.5 Å². The topological polar surface area (TPSA) is 94.6 Å². The maximum atomic E-state index is 14.9. The number of amides is 1. The molecule has 8 nitrogen and oxygen atoms in total. The van der Waals surface area contributed by atoms with Gasteiger partial charge >= 0.3 is 0 Å². The Labute approximate surface area is 206 Å². The van der Waals surface area contributed by atoms with E-state index in [4.69, 9.17) is 14.2 Å². The van der Waals surface area contributed by atoms with Crippen LogP contribution in [0.25, 0.3) is 0 Å². The molecule has 2 heterocycles. The molecule has 2 N–H and O–H groups in total. The summed E-state index contributed by atoms with van der Waals surface area (Å²) in [7, 11) is 1.42. The average Bonchev–Trinajstić information content (AvgIpc) is 3.30. The Morgan fingerprint density at radius 1 is 1.17 bits per heavy atom. The van der Waals surface area contributed by atoms with Crippen molar-refractivity contribution in [2.75, 3.05) is 25.6 Å². The lowest BCUT2D eigenvalue weighted by Gasteiger charge is -2.62. The molecule has 6 rings (SSSR count). The molecular weight excluding hydrogens is 477 g/mol. The fraction of sp³-hybridized carbons (Fsp3) is 0.560. The molecule has 194 valence electrons. The van der Waals surface area contributed by atoms with E-state index in [0.29, 0.717) is 30.5 Å². The van der Waals surface area contributed by atoms with E-state index in [1.54, 1.807) is 13.8 Å². The number of methoxy groups -OCH3 is 1. The minimum absolute atomic E-state index is 0.0504. The van der Waals surface area contributed by atoms with Crippen LogP contribution >= 0.6 is 0 Å². The van der Waals surface area contributed by atoms with Gasteiger partial charge in [-0.05, 0) is 39.0 Å². The lowest BCUT2D eigenvalue weighted by atomic mass is 9.50. The van der Waals surface area contributed by atoms with Crippen LogP contribution in [0.3, 0.4) is 0 Å². The standard InChI is InChI=1S/C25H29F3N4O4/c1-12(15-5-4-6-16(18(15)26)21(27)28)29-22-17(24-35-7-8-36-24)19(30-13(2)31-22)20(34-3)23(33)32-25-9-14(10-25)11-25/h4-6,12,14,20-21,24H,7-11H2,1-3H3,(H,32,33)(H,29,30,31)/t12-,14?,20?,25?/m1/s1. The summed E-state index contributed by atoms with van der Waals surface area (Å²) in [4.78, 5) is 22.3. The third-order valence-corrected chi connectivity index (χ3v) is 7.21. The number of benzene rings is 1. The van der Waals surface area contributed by atoms with Gasteiger partial charge in [-0.3, -0.25) is 4.79 Å². The predicted molar refractivity (Wildman–Crippen MR) is 123 cm³/mol. The van der Waals surface area contributed by atoms with E-state index >= 15 is 0 Å². The summed E-state index contributed by atoms with van der Waals surface area (Å²) in [5.41, 5.74) is -0.153. The zero-order valence-electron chi connectivity index (χ0n) is 20.3. The third-order valence-electron chi connectivity index (χ3n) is 7.21. The van der Waals surface area contributed by atoms with Crippen molar-refractivity contribution in [1.82, 2.24) is 15.3 Å². The van der Waals surface area contributed by atoms with Crippen molar-refractivity contribution in [1.29, 1.82) is 0 Å². The van der Waals surface area contributed by atoms with Gasteiger partial charge in [-0.1, -0.05) is 18.2 Å². The number of aromatic nitrogens is 2. The van der Waals surface area contributed by atoms with E-state index in [2.05, 4.69) is 20.6 Å². The van der Waals surface area contributed by atoms with Gasteiger partial charge in [0, 0.05) is 18.2 Å². The number of halogens is 3. The van der Waals surface area contributed by atoms with Gasteiger partial charge < -0.3 is 24.8 Å². The summed E-state index contributed by atoms with van der Waals surface area (Å²) in [5.74, 6) is -0.0313. The molecule has 0 spiro atoms. The molecule has 3 aliphatic carbocycles. The van der Waals surface area contributed by atoms with Crippen LogP contribution in [0.15, 0.2) is 18.2 Å². The van der Waals surface area contributed by atoms with Crippen LogP contribution in [0.4, 0.5) is 19.0 Å². The lowest BCUT2D eigenvalue weighted by Crippen LogP contribution is -2.68. The van der Waals surface area contributed by atoms with Crippen molar-refractivity contribution >= 4 is 11.7 Å². The smallest absolute Gasteiger partial charge is 0.266 e. The first-order valence-electron chi connectivity index (χ1n) is 12.0. The van der Waals surface area contributed by atoms with Crippen molar-refractivity contribution in [2.24, 2.45) is 5.92 Å². The van der Waals surface area contributed by atoms with Gasteiger partial charge in [0.2, 0.25) is 0 Å². The maximum absolute atomic E-state index is 14.9. The summed E-state index contributed by atoms with van der Waals surface area (Å²) in [6.45, 7) is 3.94. The number of ether oxygens (including phenoxy) is 3. The van der Waals surface area contributed by atoms with Crippen LogP contribution in [-0.2, 0) is 19.0 Å². The summed E-state index contributed by atoms with van der Waals surface area (Å²) < 4.78 is 58.4. The van der Waals surface area contributed by atoms with E-state index in [9.17, 15) is 18.0 Å². The SMILES string of the molecule is COC(C(=O)NC12CC(C1)C2)c1nc(C)nc(N[C@H](C)c2cccc(C(F)F)c2F)c1C1OCCO1. The number of nitrogens with one attached hydrogen (secondary N) is 2. The summed E-state index contributed by atoms with van der Waals surface area (Å²) in [6.07, 6.45) is -1.98. The summed E-state index contributed by atoms with van der Waals surface area (Å²) in [6, 6.07) is 3.13. The Hall–Kier alpha value is -2.76. The molecule has 36 heavy (non-hydrogen) atoms. The number of hydrogen-bond acceptors (Lipinski definition) is 7. The highest BCUT2D eigenvalue weighted by molar-refractivity contribution is 5.83. The second-order valence-electron chi connectivity index (χ2n) is 9.77. The fourth-order valence-corrected chi connectivity index (χ4v) is 5.33. The van der Waals surface area contributed by atoms with E-state index < -0.39 is 36.2 Å². The quantitative estimate of drug-likeness (QED) is 0.519. The maximum Gasteiger partial charge on any atom is 0.266 e. The molecule has 4 aliphatic rings. The zero-order chi connectivity index (χ0) is 25.6. The third kappa shape index (κ3) is 4.44. The molecule has 1 aromatic heterocycles. The molecule has 1 aromatic carbocycles. The highest BCUT2D eigenvalue weighted by Crippen LogP contribution is 2.57. The first kappa shape index (κ1) is 24.9. The van der Waals surface area contributed by atoms with Crippen molar-refractivity contribution in [3.8, 4) is 0 Å².